The average molecular weight is 447 g/mol. The Morgan fingerprint density at radius 2 is 1.09 bits per heavy atom. The molecule has 0 atom stereocenters. The van der Waals surface area contributed by atoms with Gasteiger partial charge in [-0.3, -0.25) is 9.59 Å². The van der Waals surface area contributed by atoms with Crippen LogP contribution in [0.5, 0.6) is 0 Å². The van der Waals surface area contributed by atoms with Gasteiger partial charge in [0.25, 0.3) is 0 Å². The van der Waals surface area contributed by atoms with Gasteiger partial charge in [0.1, 0.15) is 0 Å². The van der Waals surface area contributed by atoms with Crippen LogP contribution in [0.25, 0.3) is 0 Å². The molecule has 0 aliphatic rings. The molecule has 1 aromatic carbocycles. The third kappa shape index (κ3) is 8.93. The summed E-state index contributed by atoms with van der Waals surface area (Å²) in [7, 11) is 0. The van der Waals surface area contributed by atoms with Crippen LogP contribution in [0.15, 0.2) is 12.1 Å². The second-order valence-corrected chi connectivity index (χ2v) is 9.35. The van der Waals surface area contributed by atoms with Crippen molar-refractivity contribution >= 4 is 23.5 Å². The highest BCUT2D eigenvalue weighted by atomic mass is 16.4. The standard InChI is InChI=1S/C26H38O6/c1-17(2)11-7-5-9-13-21(27)19-15-16-20(25(29)30)24(26(31)32)23(19)22(28)14-10-6-8-12-18(3)4/h15-18H,5-14H2,1-4H3,(H,29,30)(H,31,32). The van der Waals surface area contributed by atoms with Gasteiger partial charge in [-0.2, -0.15) is 0 Å². The lowest BCUT2D eigenvalue weighted by Crippen LogP contribution is -2.19. The summed E-state index contributed by atoms with van der Waals surface area (Å²) >= 11 is 0. The van der Waals surface area contributed by atoms with Crippen molar-refractivity contribution in [1.82, 2.24) is 0 Å². The van der Waals surface area contributed by atoms with Crippen LogP contribution in [-0.2, 0) is 0 Å². The molecule has 0 bridgehead atoms. The zero-order valence-electron chi connectivity index (χ0n) is 19.9. The van der Waals surface area contributed by atoms with E-state index in [2.05, 4.69) is 27.7 Å². The van der Waals surface area contributed by atoms with Crippen molar-refractivity contribution in [2.24, 2.45) is 11.8 Å². The second-order valence-electron chi connectivity index (χ2n) is 9.35. The highest BCUT2D eigenvalue weighted by Gasteiger charge is 2.28. The Balaban J connectivity index is 3.09. The minimum absolute atomic E-state index is 0.0310. The highest BCUT2D eigenvalue weighted by molar-refractivity contribution is 6.17. The SMILES string of the molecule is CC(C)CCCCCC(=O)c1ccc(C(=O)O)c(C(=O)O)c1C(=O)CCCCCC(C)C. The van der Waals surface area contributed by atoms with Gasteiger partial charge < -0.3 is 10.2 Å². The molecule has 6 heteroatoms. The highest BCUT2D eigenvalue weighted by Crippen LogP contribution is 2.25. The number of carbonyl (C=O) groups is 4. The molecule has 0 amide bonds. The summed E-state index contributed by atoms with van der Waals surface area (Å²) in [6, 6.07) is 2.43. The molecule has 2 N–H and O–H groups in total. The van der Waals surface area contributed by atoms with Gasteiger partial charge in [-0.05, 0) is 36.8 Å². The first kappa shape index (κ1) is 27.5. The van der Waals surface area contributed by atoms with E-state index in [4.69, 9.17) is 0 Å². The Labute approximate surface area is 191 Å². The zero-order valence-corrected chi connectivity index (χ0v) is 19.9. The van der Waals surface area contributed by atoms with Crippen molar-refractivity contribution in [1.29, 1.82) is 0 Å². The van der Waals surface area contributed by atoms with E-state index in [0.717, 1.165) is 44.6 Å². The first-order chi connectivity index (χ1) is 15.1. The molecule has 178 valence electrons. The lowest BCUT2D eigenvalue weighted by atomic mass is 9.88. The fourth-order valence-electron chi connectivity index (χ4n) is 3.81. The van der Waals surface area contributed by atoms with Gasteiger partial charge in [-0.1, -0.05) is 66.2 Å². The molecule has 0 heterocycles. The topological polar surface area (TPSA) is 109 Å². The maximum atomic E-state index is 13.0. The van der Waals surface area contributed by atoms with E-state index >= 15 is 0 Å². The van der Waals surface area contributed by atoms with Crippen LogP contribution in [0.1, 0.15) is 133 Å². The molecule has 1 aromatic rings. The lowest BCUT2D eigenvalue weighted by molar-refractivity contribution is 0.0649. The van der Waals surface area contributed by atoms with Crippen LogP contribution in [0.4, 0.5) is 0 Å². The van der Waals surface area contributed by atoms with Crippen LogP contribution >= 0.6 is 0 Å². The fraction of sp³-hybridized carbons (Fsp3) is 0.615. The van der Waals surface area contributed by atoms with Crippen molar-refractivity contribution in [3.05, 3.63) is 34.4 Å². The number of rotatable bonds is 16. The predicted molar refractivity (Wildman–Crippen MR) is 125 cm³/mol. The Morgan fingerprint density at radius 3 is 1.53 bits per heavy atom. The zero-order chi connectivity index (χ0) is 24.3. The van der Waals surface area contributed by atoms with E-state index in [0.29, 0.717) is 24.7 Å². The Hall–Kier alpha value is -2.50. The van der Waals surface area contributed by atoms with Crippen LogP contribution < -0.4 is 0 Å². The van der Waals surface area contributed by atoms with Crippen molar-refractivity contribution in [3.63, 3.8) is 0 Å². The summed E-state index contributed by atoms with van der Waals surface area (Å²) in [6.07, 6.45) is 7.32. The van der Waals surface area contributed by atoms with E-state index < -0.39 is 28.8 Å². The minimum atomic E-state index is -1.50. The number of carboxylic acid groups (broad SMARTS) is 2. The number of hydrogen-bond acceptors (Lipinski definition) is 4. The van der Waals surface area contributed by atoms with Gasteiger partial charge in [-0.25, -0.2) is 9.59 Å². The number of aromatic carboxylic acids is 2. The molecule has 32 heavy (non-hydrogen) atoms. The van der Waals surface area contributed by atoms with Crippen molar-refractivity contribution in [3.8, 4) is 0 Å². The lowest BCUT2D eigenvalue weighted by Gasteiger charge is -2.14. The van der Waals surface area contributed by atoms with Crippen molar-refractivity contribution in [2.45, 2.75) is 91.9 Å². The first-order valence-corrected chi connectivity index (χ1v) is 11.8. The van der Waals surface area contributed by atoms with Gasteiger partial charge in [0.05, 0.1) is 11.1 Å². The predicted octanol–water partition coefficient (Wildman–Crippen LogP) is 6.66. The van der Waals surface area contributed by atoms with E-state index in [1.165, 1.54) is 6.07 Å². The molecule has 0 aromatic heterocycles. The third-order valence-electron chi connectivity index (χ3n) is 5.60. The van der Waals surface area contributed by atoms with Crippen LogP contribution in [0, 0.1) is 11.8 Å². The summed E-state index contributed by atoms with van der Waals surface area (Å²) in [5, 5.41) is 19.1. The molecule has 0 unspecified atom stereocenters. The number of Topliss-reactive ketones (excluding diaryl/α,β-unsaturated/α-hetero) is 2. The number of carboxylic acids is 2. The molecule has 0 radical (unpaired) electrons. The van der Waals surface area contributed by atoms with Gasteiger partial charge >= 0.3 is 11.9 Å². The quantitative estimate of drug-likeness (QED) is 0.217. The van der Waals surface area contributed by atoms with Gasteiger partial charge in [0.2, 0.25) is 0 Å². The molecule has 0 aliphatic carbocycles. The summed E-state index contributed by atoms with van der Waals surface area (Å²) < 4.78 is 0. The molecule has 0 spiro atoms. The fourth-order valence-corrected chi connectivity index (χ4v) is 3.81. The van der Waals surface area contributed by atoms with E-state index in [9.17, 15) is 29.4 Å². The maximum Gasteiger partial charge on any atom is 0.337 e. The molecule has 0 aliphatic heterocycles. The molecule has 6 nitrogen and oxygen atoms in total. The molecule has 0 saturated carbocycles. The number of carbonyl (C=O) groups excluding carboxylic acids is 2. The monoisotopic (exact) mass is 446 g/mol. The Bertz CT molecular complexity index is 807. The Morgan fingerprint density at radius 1 is 0.625 bits per heavy atom. The normalized spacial score (nSPS) is 11.2. The Kier molecular flexibility index (Phi) is 11.9. The largest absolute Gasteiger partial charge is 0.478 e. The molecular formula is C26H38O6. The van der Waals surface area contributed by atoms with Crippen molar-refractivity contribution in [2.75, 3.05) is 0 Å². The first-order valence-electron chi connectivity index (χ1n) is 11.8. The number of benzene rings is 1. The molecule has 1 rings (SSSR count). The average Bonchev–Trinajstić information content (AvgIpc) is 2.71. The van der Waals surface area contributed by atoms with Crippen LogP contribution in [0.3, 0.4) is 0 Å². The van der Waals surface area contributed by atoms with Gasteiger partial charge in [0, 0.05) is 24.0 Å². The van der Waals surface area contributed by atoms with Crippen molar-refractivity contribution < 1.29 is 29.4 Å². The summed E-state index contributed by atoms with van der Waals surface area (Å²) in [6.45, 7) is 8.54. The molecular weight excluding hydrogens is 408 g/mol. The smallest absolute Gasteiger partial charge is 0.337 e. The second kappa shape index (κ2) is 13.8. The molecule has 0 saturated heterocycles. The number of ketones is 2. The van der Waals surface area contributed by atoms with Gasteiger partial charge in [-0.15, -0.1) is 0 Å². The van der Waals surface area contributed by atoms with E-state index in [-0.39, 0.29) is 29.8 Å². The van der Waals surface area contributed by atoms with Crippen LogP contribution in [-0.4, -0.2) is 33.7 Å². The third-order valence-corrected chi connectivity index (χ3v) is 5.60. The van der Waals surface area contributed by atoms with E-state index in [1.54, 1.807) is 0 Å². The van der Waals surface area contributed by atoms with Crippen LogP contribution in [0.2, 0.25) is 0 Å². The van der Waals surface area contributed by atoms with E-state index in [1.807, 2.05) is 0 Å². The summed E-state index contributed by atoms with van der Waals surface area (Å²) in [5.74, 6) is -2.55. The minimum Gasteiger partial charge on any atom is -0.478 e. The molecule has 0 fully saturated rings. The van der Waals surface area contributed by atoms with Gasteiger partial charge in [0.15, 0.2) is 11.6 Å². The number of hydrogen-bond donors (Lipinski definition) is 2. The maximum absolute atomic E-state index is 13.0. The number of unbranched alkanes of at least 4 members (excludes halogenated alkanes) is 4. The summed E-state index contributed by atoms with van der Waals surface area (Å²) in [5.41, 5.74) is -1.25. The summed E-state index contributed by atoms with van der Waals surface area (Å²) in [4.78, 5) is 49.4.